The van der Waals surface area contributed by atoms with Gasteiger partial charge in [0.1, 0.15) is 5.82 Å². The van der Waals surface area contributed by atoms with E-state index in [0.29, 0.717) is 0 Å². The lowest BCUT2D eigenvalue weighted by Gasteiger charge is -2.14. The average molecular weight is 307 g/mol. The number of hydrogen-bond acceptors (Lipinski definition) is 1. The van der Waals surface area contributed by atoms with E-state index in [4.69, 9.17) is 4.98 Å². The van der Waals surface area contributed by atoms with Gasteiger partial charge in [-0.25, -0.2) is 9.37 Å². The first kappa shape index (κ1) is 15.7. The Morgan fingerprint density at radius 3 is 2.39 bits per heavy atom. The van der Waals surface area contributed by atoms with Gasteiger partial charge in [0, 0.05) is 10.9 Å². The van der Waals surface area contributed by atoms with Crippen LogP contribution in [0.3, 0.4) is 0 Å². The van der Waals surface area contributed by atoms with E-state index in [2.05, 4.69) is 32.9 Å². The van der Waals surface area contributed by atoms with E-state index in [1.807, 2.05) is 26.0 Å². The lowest BCUT2D eigenvalue weighted by Crippen LogP contribution is -1.97. The van der Waals surface area contributed by atoms with Crippen LogP contribution in [-0.2, 0) is 0 Å². The fourth-order valence-electron chi connectivity index (χ4n) is 3.24. The van der Waals surface area contributed by atoms with Gasteiger partial charge in [0.15, 0.2) is 0 Å². The lowest BCUT2D eigenvalue weighted by atomic mass is 9.95. The van der Waals surface area contributed by atoms with Crippen molar-refractivity contribution in [1.29, 1.82) is 0 Å². The standard InChI is InChI=1S/C21H22FN/c1-12(2)21-16-6-8-20(23-19(16)9-7-18(21)22)17-11-13(3)10-14(4)15(17)5/h6-12H,1-5H3. The van der Waals surface area contributed by atoms with E-state index < -0.39 is 0 Å². The monoisotopic (exact) mass is 307 g/mol. The number of benzene rings is 2. The van der Waals surface area contributed by atoms with E-state index in [0.717, 1.165) is 27.7 Å². The van der Waals surface area contributed by atoms with Crippen LogP contribution in [0.15, 0.2) is 36.4 Å². The number of nitrogens with zero attached hydrogens (tertiary/aromatic N) is 1. The van der Waals surface area contributed by atoms with Gasteiger partial charge >= 0.3 is 0 Å². The van der Waals surface area contributed by atoms with Crippen LogP contribution in [0.25, 0.3) is 22.2 Å². The zero-order valence-electron chi connectivity index (χ0n) is 14.4. The molecule has 2 heteroatoms. The fourth-order valence-corrected chi connectivity index (χ4v) is 3.24. The molecule has 0 aliphatic carbocycles. The molecule has 0 spiro atoms. The summed E-state index contributed by atoms with van der Waals surface area (Å²) >= 11 is 0. The minimum Gasteiger partial charge on any atom is -0.248 e. The number of halogens is 1. The highest BCUT2D eigenvalue weighted by molar-refractivity contribution is 5.85. The molecule has 2 aromatic carbocycles. The quantitative estimate of drug-likeness (QED) is 0.558. The van der Waals surface area contributed by atoms with Crippen LogP contribution in [0, 0.1) is 26.6 Å². The molecule has 3 rings (SSSR count). The molecule has 1 nitrogen and oxygen atoms in total. The Bertz CT molecular complexity index is 894. The molecule has 0 aliphatic rings. The Hall–Kier alpha value is -2.22. The third kappa shape index (κ3) is 2.74. The Labute approximate surface area is 137 Å². The summed E-state index contributed by atoms with van der Waals surface area (Å²) in [5.41, 5.74) is 7.44. The van der Waals surface area contributed by atoms with Crippen molar-refractivity contribution in [3.8, 4) is 11.3 Å². The van der Waals surface area contributed by atoms with Crippen molar-refractivity contribution in [3.05, 3.63) is 64.5 Å². The smallest absolute Gasteiger partial charge is 0.127 e. The highest BCUT2D eigenvalue weighted by atomic mass is 19.1. The molecule has 0 saturated carbocycles. The summed E-state index contributed by atoms with van der Waals surface area (Å²) in [7, 11) is 0. The summed E-state index contributed by atoms with van der Waals surface area (Å²) in [6.07, 6.45) is 0. The van der Waals surface area contributed by atoms with Crippen molar-refractivity contribution < 1.29 is 4.39 Å². The summed E-state index contributed by atoms with van der Waals surface area (Å²) in [6, 6.07) is 11.7. The van der Waals surface area contributed by atoms with Crippen molar-refractivity contribution >= 4 is 10.9 Å². The molecule has 0 amide bonds. The second-order valence-electron chi connectivity index (χ2n) is 6.63. The Kier molecular flexibility index (Phi) is 3.93. The molecule has 0 saturated heterocycles. The van der Waals surface area contributed by atoms with Gasteiger partial charge in [-0.3, -0.25) is 0 Å². The molecule has 0 aliphatic heterocycles. The Morgan fingerprint density at radius 2 is 1.70 bits per heavy atom. The van der Waals surface area contributed by atoms with Crippen molar-refractivity contribution in [2.45, 2.75) is 40.5 Å². The predicted octanol–water partition coefficient (Wildman–Crippen LogP) is 6.09. The van der Waals surface area contributed by atoms with E-state index in [9.17, 15) is 4.39 Å². The molecule has 1 heterocycles. The highest BCUT2D eigenvalue weighted by Crippen LogP contribution is 2.31. The largest absolute Gasteiger partial charge is 0.248 e. The molecule has 0 radical (unpaired) electrons. The van der Waals surface area contributed by atoms with Gasteiger partial charge < -0.3 is 0 Å². The number of hydrogen-bond donors (Lipinski definition) is 0. The first-order valence-corrected chi connectivity index (χ1v) is 8.06. The summed E-state index contributed by atoms with van der Waals surface area (Å²) in [4.78, 5) is 4.81. The molecule has 0 bridgehead atoms. The van der Waals surface area contributed by atoms with Gasteiger partial charge in [-0.15, -0.1) is 0 Å². The van der Waals surface area contributed by atoms with Gasteiger partial charge in [0.25, 0.3) is 0 Å². The van der Waals surface area contributed by atoms with Crippen LogP contribution in [0.5, 0.6) is 0 Å². The van der Waals surface area contributed by atoms with Gasteiger partial charge in [-0.2, -0.15) is 0 Å². The zero-order valence-corrected chi connectivity index (χ0v) is 14.4. The molecule has 118 valence electrons. The Balaban J connectivity index is 2.25. The second kappa shape index (κ2) is 5.77. The predicted molar refractivity (Wildman–Crippen MR) is 95.4 cm³/mol. The normalized spacial score (nSPS) is 11.4. The summed E-state index contributed by atoms with van der Waals surface area (Å²) < 4.78 is 14.1. The molecule has 0 fully saturated rings. The molecular weight excluding hydrogens is 285 g/mol. The summed E-state index contributed by atoms with van der Waals surface area (Å²) in [5.74, 6) is -0.0149. The summed E-state index contributed by atoms with van der Waals surface area (Å²) in [6.45, 7) is 10.4. The van der Waals surface area contributed by atoms with E-state index in [1.54, 1.807) is 6.07 Å². The second-order valence-corrected chi connectivity index (χ2v) is 6.63. The van der Waals surface area contributed by atoms with Crippen LogP contribution >= 0.6 is 0 Å². The van der Waals surface area contributed by atoms with Gasteiger partial charge in [-0.1, -0.05) is 31.5 Å². The summed E-state index contributed by atoms with van der Waals surface area (Å²) in [5, 5.41) is 0.908. The zero-order chi connectivity index (χ0) is 16.7. The van der Waals surface area contributed by atoms with Crippen LogP contribution < -0.4 is 0 Å². The molecule has 23 heavy (non-hydrogen) atoms. The maximum absolute atomic E-state index is 14.1. The SMILES string of the molecule is Cc1cc(C)c(C)c(-c2ccc3c(C(C)C)c(F)ccc3n2)c1. The molecule has 0 atom stereocenters. The minimum atomic E-state index is -0.148. The molecule has 1 aromatic heterocycles. The van der Waals surface area contributed by atoms with E-state index in [-0.39, 0.29) is 11.7 Å². The van der Waals surface area contributed by atoms with Gasteiger partial charge in [0.05, 0.1) is 11.2 Å². The van der Waals surface area contributed by atoms with Crippen molar-refractivity contribution in [2.24, 2.45) is 0 Å². The molecular formula is C21H22FN. The van der Waals surface area contributed by atoms with Gasteiger partial charge in [0.2, 0.25) is 0 Å². The topological polar surface area (TPSA) is 12.9 Å². The van der Waals surface area contributed by atoms with Crippen molar-refractivity contribution in [1.82, 2.24) is 4.98 Å². The third-order valence-electron chi connectivity index (χ3n) is 4.52. The molecule has 0 N–H and O–H groups in total. The van der Waals surface area contributed by atoms with Crippen LogP contribution in [0.1, 0.15) is 42.0 Å². The number of rotatable bonds is 2. The average Bonchev–Trinajstić information content (AvgIpc) is 2.50. The maximum atomic E-state index is 14.1. The first-order chi connectivity index (χ1) is 10.9. The first-order valence-electron chi connectivity index (χ1n) is 8.06. The Morgan fingerprint density at radius 1 is 0.957 bits per heavy atom. The van der Waals surface area contributed by atoms with E-state index in [1.165, 1.54) is 22.8 Å². The number of pyridine rings is 1. The lowest BCUT2D eigenvalue weighted by molar-refractivity contribution is 0.602. The van der Waals surface area contributed by atoms with Crippen LogP contribution in [0.4, 0.5) is 4.39 Å². The number of fused-ring (bicyclic) bond motifs is 1. The maximum Gasteiger partial charge on any atom is 0.127 e. The fraction of sp³-hybridized carbons (Fsp3) is 0.286. The van der Waals surface area contributed by atoms with Gasteiger partial charge in [-0.05, 0) is 67.6 Å². The molecule has 3 aromatic rings. The van der Waals surface area contributed by atoms with Crippen molar-refractivity contribution in [3.63, 3.8) is 0 Å². The number of aryl methyl sites for hydroxylation is 2. The van der Waals surface area contributed by atoms with Crippen LogP contribution in [0.2, 0.25) is 0 Å². The third-order valence-corrected chi connectivity index (χ3v) is 4.52. The minimum absolute atomic E-state index is 0.134. The van der Waals surface area contributed by atoms with Crippen molar-refractivity contribution in [2.75, 3.05) is 0 Å². The number of aromatic nitrogens is 1. The highest BCUT2D eigenvalue weighted by Gasteiger charge is 2.14. The molecule has 0 unspecified atom stereocenters. The van der Waals surface area contributed by atoms with E-state index >= 15 is 0 Å². The van der Waals surface area contributed by atoms with Crippen LogP contribution in [-0.4, -0.2) is 4.98 Å².